The second-order valence-electron chi connectivity index (χ2n) is 5.08. The number of nitrogens with zero attached hydrogens (tertiary/aromatic N) is 4. The first kappa shape index (κ1) is 14.4. The number of hydrogen-bond donors (Lipinski definition) is 0. The molecule has 0 aliphatic heterocycles. The molecule has 3 aromatic rings. The van der Waals surface area contributed by atoms with Gasteiger partial charge in [0.1, 0.15) is 5.82 Å². The number of halogens is 2. The predicted molar refractivity (Wildman–Crippen MR) is 86.1 cm³/mol. The number of imidazole rings is 2. The van der Waals surface area contributed by atoms with Gasteiger partial charge in [0.15, 0.2) is 0 Å². The summed E-state index contributed by atoms with van der Waals surface area (Å²) in [6.07, 6.45) is 6.32. The third kappa shape index (κ3) is 2.92. The first-order valence-electron chi connectivity index (χ1n) is 6.87. The normalized spacial score (nSPS) is 12.9. The molecule has 0 radical (unpaired) electrons. The molecule has 2 aromatic heterocycles. The van der Waals surface area contributed by atoms with Crippen molar-refractivity contribution in [1.29, 1.82) is 0 Å². The molecule has 1 atom stereocenters. The molecule has 6 heteroatoms. The third-order valence-corrected chi connectivity index (χ3v) is 3.94. The molecule has 0 bridgehead atoms. The predicted octanol–water partition coefficient (Wildman–Crippen LogP) is 3.93. The first-order chi connectivity index (χ1) is 10.2. The number of aromatic nitrogens is 4. The molecule has 0 aliphatic carbocycles. The summed E-state index contributed by atoms with van der Waals surface area (Å²) < 4.78 is 4.31. The maximum absolute atomic E-state index is 6.06. The average Bonchev–Trinajstić information content (AvgIpc) is 3.05. The number of benzene rings is 1. The number of alkyl halides is 1. The molecule has 3 rings (SSSR count). The van der Waals surface area contributed by atoms with Crippen molar-refractivity contribution in [2.45, 2.75) is 25.9 Å². The Labute approximate surface area is 133 Å². The minimum atomic E-state index is 0.253. The number of hydrogen-bond acceptors (Lipinski definition) is 2. The summed E-state index contributed by atoms with van der Waals surface area (Å²) in [5.41, 5.74) is 2.01. The van der Waals surface area contributed by atoms with E-state index in [1.54, 1.807) is 6.20 Å². The smallest absolute Gasteiger partial charge is 0.111 e. The number of fused-ring (bicyclic) bond motifs is 1. The van der Waals surface area contributed by atoms with E-state index in [9.17, 15) is 0 Å². The molecule has 0 fully saturated rings. The highest BCUT2D eigenvalue weighted by molar-refractivity contribution is 6.31. The van der Waals surface area contributed by atoms with Gasteiger partial charge in [-0.25, -0.2) is 9.97 Å². The Morgan fingerprint density at radius 1 is 1.33 bits per heavy atom. The standard InChI is InChI=1S/C15H16Cl2N4/c1-11(9-20-7-6-18-10-20)21-14-3-2-12(17)8-13(14)19-15(21)4-5-16/h2-3,6-8,10-11H,4-5,9H2,1H3. The average molecular weight is 323 g/mol. The lowest BCUT2D eigenvalue weighted by Gasteiger charge is -2.18. The Bertz CT molecular complexity index is 734. The van der Waals surface area contributed by atoms with Crippen molar-refractivity contribution in [3.8, 4) is 0 Å². The van der Waals surface area contributed by atoms with Crippen molar-refractivity contribution in [1.82, 2.24) is 19.1 Å². The van der Waals surface area contributed by atoms with Gasteiger partial charge in [-0.2, -0.15) is 0 Å². The van der Waals surface area contributed by atoms with Crippen LogP contribution in [0.3, 0.4) is 0 Å². The molecule has 0 saturated carbocycles. The highest BCUT2D eigenvalue weighted by Crippen LogP contribution is 2.25. The van der Waals surface area contributed by atoms with Gasteiger partial charge in [-0.05, 0) is 25.1 Å². The molecular weight excluding hydrogens is 307 g/mol. The summed E-state index contributed by atoms with van der Waals surface area (Å²) in [4.78, 5) is 8.77. The van der Waals surface area contributed by atoms with Crippen LogP contribution in [0.15, 0.2) is 36.9 Å². The molecule has 0 spiro atoms. The van der Waals surface area contributed by atoms with Gasteiger partial charge >= 0.3 is 0 Å². The van der Waals surface area contributed by atoms with Gasteiger partial charge in [0, 0.05) is 36.3 Å². The van der Waals surface area contributed by atoms with Crippen LogP contribution in [0.25, 0.3) is 11.0 Å². The van der Waals surface area contributed by atoms with E-state index in [1.165, 1.54) is 0 Å². The fourth-order valence-corrected chi connectivity index (χ4v) is 2.99. The molecule has 1 aromatic carbocycles. The Morgan fingerprint density at radius 3 is 2.90 bits per heavy atom. The van der Waals surface area contributed by atoms with Crippen LogP contribution in [0.4, 0.5) is 0 Å². The molecule has 2 heterocycles. The maximum atomic E-state index is 6.06. The van der Waals surface area contributed by atoms with E-state index in [2.05, 4.69) is 26.0 Å². The van der Waals surface area contributed by atoms with E-state index >= 15 is 0 Å². The minimum Gasteiger partial charge on any atom is -0.335 e. The van der Waals surface area contributed by atoms with Crippen LogP contribution in [0.5, 0.6) is 0 Å². The van der Waals surface area contributed by atoms with Crippen LogP contribution < -0.4 is 0 Å². The summed E-state index contributed by atoms with van der Waals surface area (Å²) in [7, 11) is 0. The van der Waals surface area contributed by atoms with Crippen LogP contribution >= 0.6 is 23.2 Å². The van der Waals surface area contributed by atoms with Crippen LogP contribution in [0, 0.1) is 0 Å². The molecule has 0 saturated heterocycles. The highest BCUT2D eigenvalue weighted by Gasteiger charge is 2.16. The van der Waals surface area contributed by atoms with Crippen molar-refractivity contribution in [2.75, 3.05) is 5.88 Å². The second kappa shape index (κ2) is 6.08. The topological polar surface area (TPSA) is 35.6 Å². The number of aryl methyl sites for hydroxylation is 1. The first-order valence-corrected chi connectivity index (χ1v) is 7.78. The fourth-order valence-electron chi connectivity index (χ4n) is 2.66. The van der Waals surface area contributed by atoms with Gasteiger partial charge in [0.25, 0.3) is 0 Å². The van der Waals surface area contributed by atoms with Crippen molar-refractivity contribution in [3.05, 3.63) is 47.8 Å². The third-order valence-electron chi connectivity index (χ3n) is 3.52. The summed E-state index contributed by atoms with van der Waals surface area (Å²) in [5.74, 6) is 1.55. The van der Waals surface area contributed by atoms with Crippen LogP contribution in [-0.2, 0) is 13.0 Å². The van der Waals surface area contributed by atoms with Gasteiger partial charge in [-0.15, -0.1) is 11.6 Å². The largest absolute Gasteiger partial charge is 0.335 e. The van der Waals surface area contributed by atoms with E-state index in [0.717, 1.165) is 29.8 Å². The Balaban J connectivity index is 2.03. The van der Waals surface area contributed by atoms with Crippen molar-refractivity contribution in [3.63, 3.8) is 0 Å². The lowest BCUT2D eigenvalue weighted by molar-refractivity contribution is 0.461. The SMILES string of the molecule is CC(Cn1ccnc1)n1c(CCCl)nc2cc(Cl)ccc21. The second-order valence-corrected chi connectivity index (χ2v) is 5.89. The Hall–Kier alpha value is -1.52. The van der Waals surface area contributed by atoms with Crippen LogP contribution in [0.2, 0.25) is 5.02 Å². The van der Waals surface area contributed by atoms with Crippen LogP contribution in [-0.4, -0.2) is 25.0 Å². The summed E-state index contributed by atoms with van der Waals surface area (Å²) >= 11 is 12.0. The molecule has 21 heavy (non-hydrogen) atoms. The lowest BCUT2D eigenvalue weighted by atomic mass is 10.2. The zero-order valence-corrected chi connectivity index (χ0v) is 13.2. The van der Waals surface area contributed by atoms with E-state index in [1.807, 2.05) is 30.7 Å². The zero-order chi connectivity index (χ0) is 14.8. The van der Waals surface area contributed by atoms with Gasteiger partial charge in [-0.3, -0.25) is 0 Å². The monoisotopic (exact) mass is 322 g/mol. The zero-order valence-electron chi connectivity index (χ0n) is 11.7. The lowest BCUT2D eigenvalue weighted by Crippen LogP contribution is -2.15. The van der Waals surface area contributed by atoms with Crippen molar-refractivity contribution >= 4 is 34.2 Å². The summed E-state index contributed by atoms with van der Waals surface area (Å²) in [6.45, 7) is 3.01. The summed E-state index contributed by atoms with van der Waals surface area (Å²) in [6, 6.07) is 6.07. The molecule has 1 unspecified atom stereocenters. The summed E-state index contributed by atoms with van der Waals surface area (Å²) in [5, 5.41) is 0.701. The van der Waals surface area contributed by atoms with Gasteiger partial charge in [0.2, 0.25) is 0 Å². The molecule has 0 amide bonds. The molecule has 0 N–H and O–H groups in total. The highest BCUT2D eigenvalue weighted by atomic mass is 35.5. The molecule has 4 nitrogen and oxygen atoms in total. The van der Waals surface area contributed by atoms with Crippen molar-refractivity contribution in [2.24, 2.45) is 0 Å². The molecule has 110 valence electrons. The van der Waals surface area contributed by atoms with Crippen molar-refractivity contribution < 1.29 is 0 Å². The Morgan fingerprint density at radius 2 is 2.19 bits per heavy atom. The van der Waals surface area contributed by atoms with E-state index in [0.29, 0.717) is 10.9 Å². The fraction of sp³-hybridized carbons (Fsp3) is 0.333. The van der Waals surface area contributed by atoms with E-state index in [4.69, 9.17) is 23.2 Å². The maximum Gasteiger partial charge on any atom is 0.111 e. The van der Waals surface area contributed by atoms with E-state index < -0.39 is 0 Å². The molecule has 0 aliphatic rings. The van der Waals surface area contributed by atoms with Gasteiger partial charge < -0.3 is 9.13 Å². The Kier molecular flexibility index (Phi) is 4.17. The number of rotatable bonds is 5. The minimum absolute atomic E-state index is 0.253. The van der Waals surface area contributed by atoms with Gasteiger partial charge in [-0.1, -0.05) is 11.6 Å². The molecular formula is C15H16Cl2N4. The van der Waals surface area contributed by atoms with Gasteiger partial charge in [0.05, 0.1) is 23.4 Å². The van der Waals surface area contributed by atoms with E-state index in [-0.39, 0.29) is 6.04 Å². The quantitative estimate of drug-likeness (QED) is 0.667. The van der Waals surface area contributed by atoms with Crippen LogP contribution in [0.1, 0.15) is 18.8 Å².